The first-order valence-corrected chi connectivity index (χ1v) is 11.6. The minimum absolute atomic E-state index is 0.264. The summed E-state index contributed by atoms with van der Waals surface area (Å²) in [7, 11) is 0. The van der Waals surface area contributed by atoms with Crippen LogP contribution in [0.3, 0.4) is 0 Å². The number of rotatable bonds is 4. The van der Waals surface area contributed by atoms with Gasteiger partial charge in [0, 0.05) is 16.5 Å². The fourth-order valence-corrected chi connectivity index (χ4v) is 6.34. The average Bonchev–Trinajstić information content (AvgIpc) is 3.10. The van der Waals surface area contributed by atoms with Crippen LogP contribution in [0, 0.1) is 17.7 Å². The summed E-state index contributed by atoms with van der Waals surface area (Å²) in [6.07, 6.45) is 5.94. The Kier molecular flexibility index (Phi) is 4.72. The monoisotopic (exact) mass is 450 g/mol. The highest BCUT2D eigenvalue weighted by Crippen LogP contribution is 2.57. The Morgan fingerprint density at radius 3 is 2.28 bits per heavy atom. The molecule has 7 heteroatoms. The molecule has 5 nitrogen and oxygen atoms in total. The lowest BCUT2D eigenvalue weighted by Crippen LogP contribution is -2.31. The lowest BCUT2D eigenvalue weighted by Gasteiger charge is -2.38. The molecule has 2 unspecified atom stereocenters. The Hall–Kier alpha value is -2.86. The van der Waals surface area contributed by atoms with Crippen molar-refractivity contribution in [3.63, 3.8) is 0 Å². The second kappa shape index (κ2) is 7.62. The van der Waals surface area contributed by atoms with E-state index < -0.39 is 0 Å². The van der Waals surface area contributed by atoms with Gasteiger partial charge >= 0.3 is 0 Å². The molecule has 3 aromatic rings. The van der Waals surface area contributed by atoms with Gasteiger partial charge in [-0.25, -0.2) is 9.07 Å². The predicted molar refractivity (Wildman–Crippen MR) is 122 cm³/mol. The van der Waals surface area contributed by atoms with Gasteiger partial charge in [0.1, 0.15) is 5.82 Å². The molecule has 2 N–H and O–H groups in total. The number of nitrogens with one attached hydrogen (secondary N) is 2. The molecule has 4 bridgehead atoms. The molecule has 2 atom stereocenters. The predicted octanol–water partition coefficient (Wildman–Crippen LogP) is 5.81. The number of carbonyl (C=O) groups excluding carboxylic acids is 1. The molecule has 0 radical (unpaired) electrons. The lowest BCUT2D eigenvalue weighted by molar-refractivity contribution is 0.0954. The molecule has 0 saturated heterocycles. The molecule has 0 aliphatic heterocycles. The number of benzene rings is 2. The zero-order valence-corrected chi connectivity index (χ0v) is 18.3. The van der Waals surface area contributed by atoms with Gasteiger partial charge in [-0.15, -0.1) is 0 Å². The molecule has 2 saturated carbocycles. The molecule has 32 heavy (non-hydrogen) atoms. The van der Waals surface area contributed by atoms with Crippen LogP contribution in [-0.4, -0.2) is 15.7 Å². The molecule has 0 spiro atoms. The number of aromatic nitrogens is 2. The van der Waals surface area contributed by atoms with E-state index in [1.807, 2.05) is 28.9 Å². The summed E-state index contributed by atoms with van der Waals surface area (Å²) < 4.78 is 15.2. The third kappa shape index (κ3) is 3.37. The first-order valence-electron chi connectivity index (χ1n) is 11.3. The van der Waals surface area contributed by atoms with Gasteiger partial charge in [-0.3, -0.25) is 15.6 Å². The Labute approximate surface area is 190 Å². The highest BCUT2D eigenvalue weighted by Gasteiger charge is 2.46. The van der Waals surface area contributed by atoms with E-state index in [-0.39, 0.29) is 11.7 Å². The number of hydrogen-bond donors (Lipinski definition) is 2. The van der Waals surface area contributed by atoms with Crippen LogP contribution in [-0.2, 0) is 0 Å². The Morgan fingerprint density at radius 2 is 1.59 bits per heavy atom. The SMILES string of the molecule is O=C(NNc1ccc(F)cc1)c1nn(-c2ccc(Cl)cc2)c2c1C1CC3CC(C1)CC2C3. The summed E-state index contributed by atoms with van der Waals surface area (Å²) in [4.78, 5) is 13.3. The fraction of sp³-hybridized carbons (Fsp3) is 0.360. The first-order chi connectivity index (χ1) is 15.5. The molecule has 164 valence electrons. The molecule has 4 aliphatic carbocycles. The maximum Gasteiger partial charge on any atom is 0.290 e. The second-order valence-corrected chi connectivity index (χ2v) is 9.86. The Morgan fingerprint density at radius 1 is 0.938 bits per heavy atom. The maximum absolute atomic E-state index is 13.3. The van der Waals surface area contributed by atoms with Crippen LogP contribution >= 0.6 is 11.6 Å². The van der Waals surface area contributed by atoms with Crippen molar-refractivity contribution in [3.05, 3.63) is 76.3 Å². The van der Waals surface area contributed by atoms with Crippen LogP contribution in [0.1, 0.15) is 65.7 Å². The molecule has 2 aromatic carbocycles. The summed E-state index contributed by atoms with van der Waals surface area (Å²) in [6.45, 7) is 0. The van der Waals surface area contributed by atoms with E-state index >= 15 is 0 Å². The first kappa shape index (κ1) is 19.8. The summed E-state index contributed by atoms with van der Waals surface area (Å²) in [6, 6.07) is 13.5. The number of carbonyl (C=O) groups is 1. The number of anilines is 1. The van der Waals surface area contributed by atoms with E-state index in [0.717, 1.165) is 35.9 Å². The Bertz CT molecular complexity index is 1160. The molecule has 1 aromatic heterocycles. The molecule has 1 amide bonds. The zero-order valence-electron chi connectivity index (χ0n) is 17.5. The van der Waals surface area contributed by atoms with Gasteiger partial charge in [-0.05, 0) is 98.4 Å². The third-order valence-electron chi connectivity index (χ3n) is 7.34. The molecule has 7 rings (SSSR count). The van der Waals surface area contributed by atoms with Crippen molar-refractivity contribution in [1.82, 2.24) is 15.2 Å². The summed E-state index contributed by atoms with van der Waals surface area (Å²) in [5.74, 6) is 1.68. The van der Waals surface area contributed by atoms with Crippen molar-refractivity contribution < 1.29 is 9.18 Å². The highest BCUT2D eigenvalue weighted by molar-refractivity contribution is 6.30. The van der Waals surface area contributed by atoms with E-state index in [0.29, 0.717) is 28.2 Å². The van der Waals surface area contributed by atoms with Crippen LogP contribution in [0.4, 0.5) is 10.1 Å². The van der Waals surface area contributed by atoms with Gasteiger partial charge in [-0.2, -0.15) is 5.10 Å². The van der Waals surface area contributed by atoms with Crippen molar-refractivity contribution in [1.29, 1.82) is 0 Å². The molecule has 4 aliphatic rings. The van der Waals surface area contributed by atoms with Crippen molar-refractivity contribution in [3.8, 4) is 5.69 Å². The van der Waals surface area contributed by atoms with E-state index in [1.54, 1.807) is 12.1 Å². The van der Waals surface area contributed by atoms with Gasteiger partial charge in [0.15, 0.2) is 5.69 Å². The second-order valence-electron chi connectivity index (χ2n) is 9.43. The van der Waals surface area contributed by atoms with Crippen LogP contribution in [0.2, 0.25) is 5.02 Å². The molecular weight excluding hydrogens is 427 g/mol. The van der Waals surface area contributed by atoms with Gasteiger partial charge in [0.25, 0.3) is 5.91 Å². The number of hydrogen-bond acceptors (Lipinski definition) is 3. The van der Waals surface area contributed by atoms with Gasteiger partial charge < -0.3 is 0 Å². The largest absolute Gasteiger partial charge is 0.298 e. The molecule has 2 fully saturated rings. The van der Waals surface area contributed by atoms with Crippen molar-refractivity contribution in [2.75, 3.05) is 5.43 Å². The third-order valence-corrected chi connectivity index (χ3v) is 7.60. The number of nitrogens with zero attached hydrogens (tertiary/aromatic N) is 2. The number of amides is 1. The minimum atomic E-state index is -0.320. The zero-order chi connectivity index (χ0) is 21.8. The smallest absolute Gasteiger partial charge is 0.290 e. The number of hydrazine groups is 1. The van der Waals surface area contributed by atoms with Crippen molar-refractivity contribution in [2.24, 2.45) is 11.8 Å². The van der Waals surface area contributed by atoms with E-state index in [9.17, 15) is 9.18 Å². The lowest BCUT2D eigenvalue weighted by atomic mass is 9.67. The average molecular weight is 451 g/mol. The Balaban J connectivity index is 1.40. The van der Waals surface area contributed by atoms with Crippen LogP contribution < -0.4 is 10.9 Å². The van der Waals surface area contributed by atoms with E-state index in [2.05, 4.69) is 10.9 Å². The molecule has 1 heterocycles. The van der Waals surface area contributed by atoms with Crippen LogP contribution in [0.15, 0.2) is 48.5 Å². The number of halogens is 2. The maximum atomic E-state index is 13.3. The minimum Gasteiger partial charge on any atom is -0.298 e. The van der Waals surface area contributed by atoms with E-state index in [4.69, 9.17) is 16.7 Å². The fourth-order valence-electron chi connectivity index (χ4n) is 6.22. The van der Waals surface area contributed by atoms with E-state index in [1.165, 1.54) is 37.1 Å². The topological polar surface area (TPSA) is 59.0 Å². The van der Waals surface area contributed by atoms with Crippen molar-refractivity contribution in [2.45, 2.75) is 43.9 Å². The molecular formula is C25H24ClFN4O. The van der Waals surface area contributed by atoms with Gasteiger partial charge in [0.2, 0.25) is 0 Å². The van der Waals surface area contributed by atoms with Crippen molar-refractivity contribution >= 4 is 23.2 Å². The van der Waals surface area contributed by atoms with Gasteiger partial charge in [0.05, 0.1) is 17.1 Å². The summed E-state index contributed by atoms with van der Waals surface area (Å²) in [5.41, 5.74) is 10.0. The van der Waals surface area contributed by atoms with Gasteiger partial charge in [-0.1, -0.05) is 11.6 Å². The standard InChI is InChI=1S/C25H24ClFN4O/c26-18-1-7-21(8-2-18)31-24-17-12-14-9-15(13-17)11-16(10-14)22(24)23(30-31)25(32)29-28-20-5-3-19(27)4-6-20/h1-8,14-17,28H,9-13H2,(H,29,32). The van der Waals surface area contributed by atoms with Crippen LogP contribution in [0.5, 0.6) is 0 Å². The normalized spacial score (nSPS) is 25.3. The van der Waals surface area contributed by atoms with Crippen LogP contribution in [0.25, 0.3) is 5.69 Å². The quantitative estimate of drug-likeness (QED) is 0.493. The summed E-state index contributed by atoms with van der Waals surface area (Å²) in [5, 5.41) is 5.52. The summed E-state index contributed by atoms with van der Waals surface area (Å²) >= 11 is 6.12. The highest BCUT2D eigenvalue weighted by atomic mass is 35.5.